The summed E-state index contributed by atoms with van der Waals surface area (Å²) in [5.74, 6) is 1.10. The molecule has 0 fully saturated rings. The Morgan fingerprint density at radius 2 is 1.53 bits per heavy atom. The number of hydrogen-bond acceptors (Lipinski definition) is 5. The van der Waals surface area contributed by atoms with Crippen LogP contribution >= 0.6 is 0 Å². The van der Waals surface area contributed by atoms with Crippen molar-refractivity contribution >= 4 is 51.9 Å². The van der Waals surface area contributed by atoms with Crippen LogP contribution in [0.5, 0.6) is 0 Å². The molecule has 2 aromatic heterocycles. The van der Waals surface area contributed by atoms with E-state index in [0.717, 1.165) is 70.8 Å². The maximum atomic E-state index is 11.7. The minimum Gasteiger partial charge on any atom is -0.512 e. The first-order valence-electron chi connectivity index (χ1n) is 17.0. The van der Waals surface area contributed by atoms with E-state index in [1.165, 1.54) is 22.2 Å². The van der Waals surface area contributed by atoms with Crippen molar-refractivity contribution in [2.75, 3.05) is 0 Å². The molecule has 0 unspecified atom stereocenters. The number of benzene rings is 3. The van der Waals surface area contributed by atoms with E-state index in [2.05, 4.69) is 98.1 Å². The second-order valence-electron chi connectivity index (χ2n) is 13.8. The topological polar surface area (TPSA) is 76.2 Å². The van der Waals surface area contributed by atoms with Gasteiger partial charge in [-0.25, -0.2) is 4.98 Å². The Balaban J connectivity index is 0.000000322. The Morgan fingerprint density at radius 1 is 0.894 bits per heavy atom. The van der Waals surface area contributed by atoms with E-state index in [9.17, 15) is 9.90 Å². The van der Waals surface area contributed by atoms with E-state index >= 15 is 0 Å². The fourth-order valence-electron chi connectivity index (χ4n) is 6.21. The van der Waals surface area contributed by atoms with Crippen LogP contribution in [0.2, 0.25) is 19.6 Å². The summed E-state index contributed by atoms with van der Waals surface area (Å²) in [6.07, 6.45) is 7.53. The quantitative estimate of drug-likeness (QED) is 0.0621. The van der Waals surface area contributed by atoms with Crippen molar-refractivity contribution in [3.63, 3.8) is 0 Å². The predicted molar refractivity (Wildman–Crippen MR) is 196 cm³/mol. The number of fused-ring (bicyclic) bond motifs is 4. The summed E-state index contributed by atoms with van der Waals surface area (Å²) in [6, 6.07) is 20.8. The molecule has 0 saturated heterocycles. The molecule has 0 aliphatic heterocycles. The molecule has 3 aromatic carbocycles. The SMILES string of the molecule is CC(C)Cc1cccc2c1oc1c(-c3[c-]c4ccccc4c([Si](C)(C)C)c3)ncnc12.CCC(CC)C(=O)/C=C(\O)C(CC)CC.[Ir]. The first-order valence-corrected chi connectivity index (χ1v) is 20.5. The fourth-order valence-corrected chi connectivity index (χ4v) is 7.81. The number of aliphatic hydroxyl groups is 1. The summed E-state index contributed by atoms with van der Waals surface area (Å²) < 4.78 is 6.47. The second-order valence-corrected chi connectivity index (χ2v) is 18.8. The van der Waals surface area contributed by atoms with Crippen LogP contribution in [-0.2, 0) is 31.3 Å². The van der Waals surface area contributed by atoms with E-state index < -0.39 is 8.07 Å². The van der Waals surface area contributed by atoms with E-state index in [4.69, 9.17) is 4.42 Å². The van der Waals surface area contributed by atoms with Crippen molar-refractivity contribution < 1.29 is 34.4 Å². The maximum absolute atomic E-state index is 11.7. The minimum atomic E-state index is -1.58. The molecule has 1 N–H and O–H groups in total. The third kappa shape index (κ3) is 8.87. The number of aromatic nitrogens is 2. The number of rotatable bonds is 11. The first-order chi connectivity index (χ1) is 21.9. The monoisotopic (exact) mass is 828 g/mol. The first kappa shape index (κ1) is 38.3. The molecule has 0 aliphatic carbocycles. The van der Waals surface area contributed by atoms with Crippen LogP contribution in [0.4, 0.5) is 0 Å². The number of para-hydroxylation sites is 1. The third-order valence-electron chi connectivity index (χ3n) is 8.91. The van der Waals surface area contributed by atoms with E-state index in [1.54, 1.807) is 6.33 Å². The number of furan rings is 1. The molecule has 0 saturated carbocycles. The molecule has 2 heterocycles. The van der Waals surface area contributed by atoms with Gasteiger partial charge < -0.3 is 9.52 Å². The molecule has 0 amide bonds. The number of allylic oxidation sites excluding steroid dienone is 2. The van der Waals surface area contributed by atoms with Gasteiger partial charge in [0.1, 0.15) is 23.0 Å². The normalized spacial score (nSPS) is 12.2. The summed E-state index contributed by atoms with van der Waals surface area (Å²) in [7, 11) is -1.58. The number of carbonyl (C=O) groups is 1. The molecular formula is C40H51IrN2O3Si-. The standard InChI is InChI=1S/C27H27N2OSi.C13H24O2.Ir/c1-17(2)13-19-10-8-12-22-25-27(30-26(19)22)24(28-16-29-25)20-14-18-9-6-7-11-21(18)23(15-20)31(3,4)5;1-5-10(6-2)12(14)9-13(15)11(7-3)8-4;/h6-12,15-17H,13H2,1-5H3;9-11,14H,5-8H2,1-4H3;/q-1;;/b;12-9-;. The molecule has 5 aromatic rings. The Labute approximate surface area is 295 Å². The van der Waals surface area contributed by atoms with Crippen LogP contribution in [0.3, 0.4) is 0 Å². The number of nitrogens with zero attached hydrogens (tertiary/aromatic N) is 2. The molecular weight excluding hydrogens is 777 g/mol. The van der Waals surface area contributed by atoms with Crippen molar-refractivity contribution in [3.8, 4) is 11.3 Å². The summed E-state index contributed by atoms with van der Waals surface area (Å²) in [5.41, 5.74) is 5.58. The van der Waals surface area contributed by atoms with Crippen molar-refractivity contribution in [1.29, 1.82) is 0 Å². The van der Waals surface area contributed by atoms with Gasteiger partial charge in [-0.15, -0.1) is 28.8 Å². The van der Waals surface area contributed by atoms with Crippen LogP contribution < -0.4 is 5.19 Å². The molecule has 7 heteroatoms. The molecule has 47 heavy (non-hydrogen) atoms. The van der Waals surface area contributed by atoms with Crippen molar-refractivity contribution in [2.24, 2.45) is 17.8 Å². The molecule has 0 atom stereocenters. The zero-order valence-electron chi connectivity index (χ0n) is 29.5. The van der Waals surface area contributed by atoms with Crippen LogP contribution in [0.15, 0.2) is 71.1 Å². The Morgan fingerprint density at radius 3 is 2.15 bits per heavy atom. The minimum absolute atomic E-state index is 0. The van der Waals surface area contributed by atoms with Crippen LogP contribution in [0.1, 0.15) is 72.8 Å². The van der Waals surface area contributed by atoms with Gasteiger partial charge in [-0.3, -0.25) is 9.78 Å². The molecule has 0 aliphatic rings. The maximum Gasteiger partial charge on any atom is 0.162 e. The van der Waals surface area contributed by atoms with Gasteiger partial charge in [-0.1, -0.05) is 102 Å². The second kappa shape index (κ2) is 16.8. The van der Waals surface area contributed by atoms with Gasteiger partial charge in [0.05, 0.1) is 19.5 Å². The largest absolute Gasteiger partial charge is 0.512 e. The van der Waals surface area contributed by atoms with Gasteiger partial charge >= 0.3 is 0 Å². The predicted octanol–water partition coefficient (Wildman–Crippen LogP) is 10.6. The zero-order valence-corrected chi connectivity index (χ0v) is 32.9. The molecule has 5 nitrogen and oxygen atoms in total. The Bertz CT molecular complexity index is 1830. The summed E-state index contributed by atoms with van der Waals surface area (Å²) in [4.78, 5) is 21.0. The van der Waals surface area contributed by atoms with Gasteiger partial charge in [0.15, 0.2) is 5.78 Å². The number of ketones is 1. The summed E-state index contributed by atoms with van der Waals surface area (Å²) in [5, 5.41) is 14.7. The van der Waals surface area contributed by atoms with E-state index in [1.807, 2.05) is 27.7 Å². The Hall–Kier alpha value is -3.12. The van der Waals surface area contributed by atoms with Crippen molar-refractivity contribution in [2.45, 2.75) is 93.3 Å². The van der Waals surface area contributed by atoms with Crippen LogP contribution in [0, 0.1) is 23.8 Å². The van der Waals surface area contributed by atoms with E-state index in [-0.39, 0.29) is 43.5 Å². The van der Waals surface area contributed by atoms with Gasteiger partial charge in [0, 0.05) is 43.4 Å². The average molecular weight is 828 g/mol. The molecule has 1 radical (unpaired) electrons. The van der Waals surface area contributed by atoms with Crippen molar-refractivity contribution in [1.82, 2.24) is 9.97 Å². The van der Waals surface area contributed by atoms with Gasteiger partial charge in [-0.05, 0) is 49.7 Å². The van der Waals surface area contributed by atoms with E-state index in [0.29, 0.717) is 5.92 Å². The molecule has 253 valence electrons. The Kier molecular flexibility index (Phi) is 13.7. The van der Waals surface area contributed by atoms with Crippen molar-refractivity contribution in [3.05, 3.63) is 78.3 Å². The van der Waals surface area contributed by atoms with Gasteiger partial charge in [0.25, 0.3) is 0 Å². The smallest absolute Gasteiger partial charge is 0.162 e. The average Bonchev–Trinajstić information content (AvgIpc) is 3.41. The van der Waals surface area contributed by atoms with Crippen LogP contribution in [0.25, 0.3) is 44.1 Å². The fraction of sp³-hybridized carbons (Fsp3) is 0.425. The van der Waals surface area contributed by atoms with Gasteiger partial charge in [-0.2, -0.15) is 0 Å². The molecule has 0 spiro atoms. The molecule has 5 rings (SSSR count). The number of hydrogen-bond donors (Lipinski definition) is 1. The third-order valence-corrected chi connectivity index (χ3v) is 10.9. The summed E-state index contributed by atoms with van der Waals surface area (Å²) in [6.45, 7) is 19.7. The zero-order chi connectivity index (χ0) is 33.6. The number of carbonyl (C=O) groups excluding carboxylic acids is 1. The van der Waals surface area contributed by atoms with Gasteiger partial charge in [0.2, 0.25) is 0 Å². The van der Waals surface area contributed by atoms with Crippen LogP contribution in [-0.4, -0.2) is 28.9 Å². The summed E-state index contributed by atoms with van der Waals surface area (Å²) >= 11 is 0. The molecule has 0 bridgehead atoms. The number of aliphatic hydroxyl groups excluding tert-OH is 1.